The molecule has 5 nitrogen and oxygen atoms in total. The molecular weight excluding hydrogens is 260 g/mol. The van der Waals surface area contributed by atoms with E-state index < -0.39 is 0 Å². The maximum absolute atomic E-state index is 5.80. The molecule has 0 amide bonds. The quantitative estimate of drug-likeness (QED) is 0.799. The first-order chi connectivity index (χ1) is 9.17. The van der Waals surface area contributed by atoms with Crippen LogP contribution in [0.3, 0.4) is 0 Å². The van der Waals surface area contributed by atoms with Crippen LogP contribution in [-0.2, 0) is 11.3 Å². The van der Waals surface area contributed by atoms with Crippen LogP contribution < -0.4 is 11.1 Å². The van der Waals surface area contributed by atoms with Gasteiger partial charge in [0.1, 0.15) is 18.2 Å². The molecule has 1 aromatic rings. The van der Waals surface area contributed by atoms with Crippen molar-refractivity contribution in [3.05, 3.63) is 11.9 Å². The van der Waals surface area contributed by atoms with Crippen LogP contribution in [0.4, 0.5) is 11.6 Å². The van der Waals surface area contributed by atoms with Gasteiger partial charge in [-0.3, -0.25) is 0 Å². The van der Waals surface area contributed by atoms with Crippen LogP contribution in [0, 0.1) is 0 Å². The SMILES string of the molecule is CCOCc1nc(N)cc(NCC2(SC)CCC2)n1. The summed E-state index contributed by atoms with van der Waals surface area (Å²) in [5, 5.41) is 3.39. The number of hydrogen-bond acceptors (Lipinski definition) is 6. The number of nitrogens with one attached hydrogen (secondary N) is 1. The second-order valence-electron chi connectivity index (χ2n) is 4.83. The fourth-order valence-corrected chi connectivity index (χ4v) is 3.06. The zero-order chi connectivity index (χ0) is 13.7. The highest BCUT2D eigenvalue weighted by atomic mass is 32.2. The Morgan fingerprint density at radius 3 is 2.84 bits per heavy atom. The smallest absolute Gasteiger partial charge is 0.158 e. The Hall–Kier alpha value is -1.01. The second kappa shape index (κ2) is 6.43. The summed E-state index contributed by atoms with van der Waals surface area (Å²) < 4.78 is 5.69. The summed E-state index contributed by atoms with van der Waals surface area (Å²) in [6.07, 6.45) is 6.04. The fraction of sp³-hybridized carbons (Fsp3) is 0.692. The molecule has 0 saturated heterocycles. The number of ether oxygens (including phenoxy) is 1. The van der Waals surface area contributed by atoms with Gasteiger partial charge in [0.2, 0.25) is 0 Å². The van der Waals surface area contributed by atoms with E-state index in [1.165, 1.54) is 19.3 Å². The van der Waals surface area contributed by atoms with Crippen molar-refractivity contribution >= 4 is 23.4 Å². The molecular formula is C13H22N4OS. The Morgan fingerprint density at radius 2 is 2.26 bits per heavy atom. The Bertz CT molecular complexity index is 418. The molecule has 0 unspecified atom stereocenters. The van der Waals surface area contributed by atoms with Crippen LogP contribution in [0.2, 0.25) is 0 Å². The third-order valence-electron chi connectivity index (χ3n) is 3.52. The third kappa shape index (κ3) is 3.73. The molecule has 6 heteroatoms. The molecule has 3 N–H and O–H groups in total. The van der Waals surface area contributed by atoms with E-state index in [0.717, 1.165) is 12.4 Å². The minimum absolute atomic E-state index is 0.375. The summed E-state index contributed by atoms with van der Waals surface area (Å²) in [7, 11) is 0. The third-order valence-corrected chi connectivity index (χ3v) is 4.94. The molecule has 0 aliphatic heterocycles. The number of nitrogens with two attached hydrogens (primary N) is 1. The first kappa shape index (κ1) is 14.4. The van der Waals surface area contributed by atoms with Gasteiger partial charge in [-0.05, 0) is 26.0 Å². The molecule has 0 atom stereocenters. The minimum Gasteiger partial charge on any atom is -0.384 e. The van der Waals surface area contributed by atoms with Gasteiger partial charge in [0, 0.05) is 24.0 Å². The zero-order valence-electron chi connectivity index (χ0n) is 11.6. The van der Waals surface area contributed by atoms with Crippen LogP contribution in [0.5, 0.6) is 0 Å². The van der Waals surface area contributed by atoms with Gasteiger partial charge in [-0.15, -0.1) is 0 Å². The number of aromatic nitrogens is 2. The van der Waals surface area contributed by atoms with Gasteiger partial charge in [0.25, 0.3) is 0 Å². The maximum atomic E-state index is 5.80. The van der Waals surface area contributed by atoms with Gasteiger partial charge in [-0.25, -0.2) is 9.97 Å². The first-order valence-corrected chi connectivity index (χ1v) is 7.90. The highest BCUT2D eigenvalue weighted by Crippen LogP contribution is 2.42. The molecule has 0 spiro atoms. The molecule has 19 heavy (non-hydrogen) atoms. The van der Waals surface area contributed by atoms with Gasteiger partial charge in [0.05, 0.1) is 0 Å². The average Bonchev–Trinajstić information content (AvgIpc) is 2.35. The standard InChI is InChI=1S/C13H22N4OS/c1-3-18-8-12-16-10(14)7-11(17-12)15-9-13(19-2)5-4-6-13/h7H,3-6,8-9H2,1-2H3,(H3,14,15,16,17). The molecule has 1 aliphatic rings. The van der Waals surface area contributed by atoms with Crippen LogP contribution >= 0.6 is 11.8 Å². The van der Waals surface area contributed by atoms with Crippen molar-refractivity contribution < 1.29 is 4.74 Å². The number of anilines is 2. The highest BCUT2D eigenvalue weighted by Gasteiger charge is 2.35. The number of thioether (sulfide) groups is 1. The Balaban J connectivity index is 1.97. The van der Waals surface area contributed by atoms with Crippen LogP contribution in [0.15, 0.2) is 6.07 Å². The van der Waals surface area contributed by atoms with Crippen LogP contribution in [0.1, 0.15) is 32.0 Å². The lowest BCUT2D eigenvalue weighted by molar-refractivity contribution is 0.128. The molecule has 1 aromatic heterocycles. The van der Waals surface area contributed by atoms with Gasteiger partial charge in [-0.2, -0.15) is 11.8 Å². The molecule has 0 aromatic carbocycles. The molecule has 106 valence electrons. The number of nitrogen functional groups attached to an aromatic ring is 1. The van der Waals surface area contributed by atoms with E-state index in [0.29, 0.717) is 29.6 Å². The van der Waals surface area contributed by atoms with Crippen LogP contribution in [0.25, 0.3) is 0 Å². The Labute approximate surface area is 118 Å². The normalized spacial score (nSPS) is 16.9. The summed E-state index contributed by atoms with van der Waals surface area (Å²) in [4.78, 5) is 8.60. The van der Waals surface area contributed by atoms with Gasteiger partial charge >= 0.3 is 0 Å². The molecule has 0 radical (unpaired) electrons. The van der Waals surface area contributed by atoms with E-state index in [1.807, 2.05) is 18.7 Å². The predicted octanol–water partition coefficient (Wildman–Crippen LogP) is 2.29. The second-order valence-corrected chi connectivity index (χ2v) is 6.10. The summed E-state index contributed by atoms with van der Waals surface area (Å²) >= 11 is 1.94. The molecule has 1 aliphatic carbocycles. The lowest BCUT2D eigenvalue weighted by atomic mass is 9.84. The van der Waals surface area contributed by atoms with Crippen molar-refractivity contribution in [3.8, 4) is 0 Å². The van der Waals surface area contributed by atoms with E-state index in [2.05, 4.69) is 21.5 Å². The first-order valence-electron chi connectivity index (χ1n) is 6.68. The molecule has 1 fully saturated rings. The van der Waals surface area contributed by atoms with Crippen molar-refractivity contribution in [2.75, 3.05) is 30.5 Å². The number of nitrogens with zero attached hydrogens (tertiary/aromatic N) is 2. The van der Waals surface area contributed by atoms with Crippen molar-refractivity contribution in [1.29, 1.82) is 0 Å². The number of rotatable bonds is 7. The van der Waals surface area contributed by atoms with E-state index in [-0.39, 0.29) is 0 Å². The average molecular weight is 282 g/mol. The lowest BCUT2D eigenvalue weighted by Gasteiger charge is -2.40. The van der Waals surface area contributed by atoms with E-state index in [4.69, 9.17) is 10.5 Å². The summed E-state index contributed by atoms with van der Waals surface area (Å²) in [5.41, 5.74) is 5.80. The molecule has 2 rings (SSSR count). The van der Waals surface area contributed by atoms with E-state index >= 15 is 0 Å². The van der Waals surface area contributed by atoms with Crippen molar-refractivity contribution in [1.82, 2.24) is 9.97 Å². The largest absolute Gasteiger partial charge is 0.384 e. The predicted molar refractivity (Wildman–Crippen MR) is 80.4 cm³/mol. The topological polar surface area (TPSA) is 73.1 Å². The molecule has 0 bridgehead atoms. The maximum Gasteiger partial charge on any atom is 0.158 e. The van der Waals surface area contributed by atoms with Gasteiger partial charge in [-0.1, -0.05) is 6.42 Å². The lowest BCUT2D eigenvalue weighted by Crippen LogP contribution is -2.40. The van der Waals surface area contributed by atoms with Gasteiger partial charge in [0.15, 0.2) is 5.82 Å². The van der Waals surface area contributed by atoms with Crippen molar-refractivity contribution in [2.24, 2.45) is 0 Å². The fourth-order valence-electron chi connectivity index (χ4n) is 2.14. The van der Waals surface area contributed by atoms with E-state index in [1.54, 1.807) is 6.07 Å². The Morgan fingerprint density at radius 1 is 1.47 bits per heavy atom. The summed E-state index contributed by atoms with van der Waals surface area (Å²) in [5.74, 6) is 1.91. The van der Waals surface area contributed by atoms with Crippen molar-refractivity contribution in [3.63, 3.8) is 0 Å². The van der Waals surface area contributed by atoms with Gasteiger partial charge < -0.3 is 15.8 Å². The monoisotopic (exact) mass is 282 g/mol. The molecule has 1 heterocycles. The summed E-state index contributed by atoms with van der Waals surface area (Å²) in [6, 6.07) is 1.78. The van der Waals surface area contributed by atoms with Crippen LogP contribution in [-0.4, -0.2) is 34.1 Å². The van der Waals surface area contributed by atoms with Crippen molar-refractivity contribution in [2.45, 2.75) is 37.5 Å². The zero-order valence-corrected chi connectivity index (χ0v) is 12.4. The molecule has 1 saturated carbocycles. The summed E-state index contributed by atoms with van der Waals surface area (Å²) in [6.45, 7) is 3.93. The van der Waals surface area contributed by atoms with E-state index in [9.17, 15) is 0 Å². The highest BCUT2D eigenvalue weighted by molar-refractivity contribution is 8.00. The minimum atomic E-state index is 0.375. The number of hydrogen-bond donors (Lipinski definition) is 2. The Kier molecular flexibility index (Phi) is 4.87.